The number of aliphatic hydroxyl groups is 1. The largest absolute Gasteiger partial charge is 0.388 e. The molecule has 22 heavy (non-hydrogen) atoms. The molecule has 3 atom stereocenters. The van der Waals surface area contributed by atoms with Gasteiger partial charge in [-0.1, -0.05) is 5.16 Å². The Bertz CT molecular complexity index is 542. The topological polar surface area (TPSA) is 75.8 Å². The summed E-state index contributed by atoms with van der Waals surface area (Å²) in [5.41, 5.74) is 1.38. The lowest BCUT2D eigenvalue weighted by molar-refractivity contribution is -0.0715. The molecule has 1 aromatic rings. The van der Waals surface area contributed by atoms with Crippen molar-refractivity contribution in [2.75, 3.05) is 14.2 Å². The van der Waals surface area contributed by atoms with E-state index >= 15 is 0 Å². The third kappa shape index (κ3) is 2.65. The summed E-state index contributed by atoms with van der Waals surface area (Å²) in [7, 11) is 3.34. The number of amides is 1. The van der Waals surface area contributed by atoms with Crippen molar-refractivity contribution in [3.05, 3.63) is 17.0 Å². The van der Waals surface area contributed by atoms with Crippen molar-refractivity contribution in [1.82, 2.24) is 10.1 Å². The van der Waals surface area contributed by atoms with E-state index in [1.807, 2.05) is 0 Å². The van der Waals surface area contributed by atoms with Crippen LogP contribution in [0.2, 0.25) is 0 Å². The van der Waals surface area contributed by atoms with Crippen LogP contribution in [-0.4, -0.2) is 53.5 Å². The Labute approximate surface area is 130 Å². The molecule has 0 aliphatic heterocycles. The Morgan fingerprint density at radius 2 is 2.09 bits per heavy atom. The second kappa shape index (κ2) is 6.38. The first-order valence-electron chi connectivity index (χ1n) is 8.09. The van der Waals surface area contributed by atoms with E-state index in [0.29, 0.717) is 5.69 Å². The molecule has 3 rings (SSSR count). The van der Waals surface area contributed by atoms with Gasteiger partial charge < -0.3 is 19.3 Å². The quantitative estimate of drug-likeness (QED) is 0.917. The number of fused-ring (bicyclic) bond motifs is 1. The van der Waals surface area contributed by atoms with Gasteiger partial charge in [-0.15, -0.1) is 0 Å². The van der Waals surface area contributed by atoms with E-state index in [2.05, 4.69) is 5.16 Å². The smallest absolute Gasteiger partial charge is 0.276 e. The van der Waals surface area contributed by atoms with Crippen molar-refractivity contribution in [2.45, 2.75) is 63.2 Å². The van der Waals surface area contributed by atoms with Crippen LogP contribution in [0.15, 0.2) is 4.52 Å². The lowest BCUT2D eigenvalue weighted by Gasteiger charge is -2.38. The van der Waals surface area contributed by atoms with Gasteiger partial charge in [-0.05, 0) is 38.5 Å². The molecule has 1 saturated carbocycles. The molecule has 1 aromatic heterocycles. The highest BCUT2D eigenvalue weighted by Gasteiger charge is 2.38. The Balaban J connectivity index is 1.78. The minimum Gasteiger partial charge on any atom is -0.388 e. The maximum absolute atomic E-state index is 12.8. The molecular formula is C16H24N2O4. The van der Waals surface area contributed by atoms with Crippen molar-refractivity contribution < 1.29 is 19.2 Å². The van der Waals surface area contributed by atoms with E-state index < -0.39 is 6.10 Å². The van der Waals surface area contributed by atoms with Crippen LogP contribution in [0.5, 0.6) is 0 Å². The zero-order chi connectivity index (χ0) is 15.7. The van der Waals surface area contributed by atoms with E-state index in [9.17, 15) is 9.90 Å². The molecule has 122 valence electrons. The fourth-order valence-corrected chi connectivity index (χ4v) is 3.67. The third-order valence-electron chi connectivity index (χ3n) is 5.04. The van der Waals surface area contributed by atoms with Crippen LogP contribution in [0.3, 0.4) is 0 Å². The maximum Gasteiger partial charge on any atom is 0.276 e. The van der Waals surface area contributed by atoms with Gasteiger partial charge in [-0.25, -0.2) is 0 Å². The van der Waals surface area contributed by atoms with Gasteiger partial charge in [0.15, 0.2) is 5.69 Å². The SMILES string of the molecule is CO[C@@H]1CCC[C@@H](N(C)C(=O)c2noc3c2CCCC3)[C@H]1O. The standard InChI is InChI=1S/C16H24N2O4/c1-18(11-7-5-9-13(21-2)15(11)19)16(20)14-10-6-3-4-8-12(10)22-17-14/h11,13,15,19H,3-9H2,1-2H3/t11-,13-,15-/m1/s1. The molecule has 0 spiro atoms. The summed E-state index contributed by atoms with van der Waals surface area (Å²) < 4.78 is 10.7. The molecule has 6 nitrogen and oxygen atoms in total. The second-order valence-corrected chi connectivity index (χ2v) is 6.32. The predicted molar refractivity (Wildman–Crippen MR) is 79.7 cm³/mol. The number of methoxy groups -OCH3 is 1. The van der Waals surface area contributed by atoms with Crippen molar-refractivity contribution in [1.29, 1.82) is 0 Å². The number of aromatic nitrogens is 1. The van der Waals surface area contributed by atoms with E-state index in [1.165, 1.54) is 0 Å². The van der Waals surface area contributed by atoms with Gasteiger partial charge in [-0.2, -0.15) is 0 Å². The molecule has 1 N–H and O–H groups in total. The molecule has 1 heterocycles. The highest BCUT2D eigenvalue weighted by Crippen LogP contribution is 2.28. The Morgan fingerprint density at radius 1 is 1.32 bits per heavy atom. The van der Waals surface area contributed by atoms with E-state index in [0.717, 1.165) is 56.3 Å². The van der Waals surface area contributed by atoms with Gasteiger partial charge in [0.1, 0.15) is 11.9 Å². The average Bonchev–Trinajstić information content (AvgIpc) is 2.98. The normalized spacial score (nSPS) is 28.2. The number of carbonyl (C=O) groups is 1. The molecule has 1 amide bonds. The molecule has 2 aliphatic rings. The first-order valence-corrected chi connectivity index (χ1v) is 8.09. The summed E-state index contributed by atoms with van der Waals surface area (Å²) in [6.45, 7) is 0. The first-order chi connectivity index (χ1) is 10.6. The molecule has 1 fully saturated rings. The van der Waals surface area contributed by atoms with Crippen molar-refractivity contribution in [3.8, 4) is 0 Å². The average molecular weight is 308 g/mol. The van der Waals surface area contributed by atoms with E-state index in [4.69, 9.17) is 9.26 Å². The Morgan fingerprint density at radius 3 is 2.86 bits per heavy atom. The van der Waals surface area contributed by atoms with Crippen molar-refractivity contribution in [3.63, 3.8) is 0 Å². The van der Waals surface area contributed by atoms with Crippen LogP contribution >= 0.6 is 0 Å². The van der Waals surface area contributed by atoms with Gasteiger partial charge in [0.05, 0.1) is 12.1 Å². The van der Waals surface area contributed by atoms with Crippen LogP contribution in [-0.2, 0) is 17.6 Å². The summed E-state index contributed by atoms with van der Waals surface area (Å²) in [5, 5.41) is 14.4. The number of hydrogen-bond acceptors (Lipinski definition) is 5. The Kier molecular flexibility index (Phi) is 4.49. The summed E-state index contributed by atoms with van der Waals surface area (Å²) in [5.74, 6) is 0.690. The van der Waals surface area contributed by atoms with Crippen LogP contribution in [0.25, 0.3) is 0 Å². The molecule has 0 saturated heterocycles. The van der Waals surface area contributed by atoms with Gasteiger partial charge in [0.2, 0.25) is 0 Å². The van der Waals surface area contributed by atoms with Crippen LogP contribution in [0.1, 0.15) is 53.9 Å². The van der Waals surface area contributed by atoms with Crippen LogP contribution in [0.4, 0.5) is 0 Å². The van der Waals surface area contributed by atoms with Crippen molar-refractivity contribution >= 4 is 5.91 Å². The summed E-state index contributed by atoms with van der Waals surface area (Å²) in [4.78, 5) is 14.4. The Hall–Kier alpha value is -1.40. The number of ether oxygens (including phenoxy) is 1. The fourth-order valence-electron chi connectivity index (χ4n) is 3.67. The maximum atomic E-state index is 12.8. The summed E-state index contributed by atoms with van der Waals surface area (Å²) >= 11 is 0. The molecule has 0 unspecified atom stereocenters. The van der Waals surface area contributed by atoms with E-state index in [-0.39, 0.29) is 18.1 Å². The summed E-state index contributed by atoms with van der Waals surface area (Å²) in [6, 6.07) is -0.234. The number of likely N-dealkylation sites (N-methyl/N-ethyl adjacent to an activating group) is 1. The number of rotatable bonds is 3. The number of carbonyl (C=O) groups excluding carboxylic acids is 1. The fraction of sp³-hybridized carbons (Fsp3) is 0.750. The van der Waals surface area contributed by atoms with Gasteiger partial charge in [0, 0.05) is 26.1 Å². The zero-order valence-corrected chi connectivity index (χ0v) is 13.2. The first kappa shape index (κ1) is 15.5. The van der Waals surface area contributed by atoms with Gasteiger partial charge in [-0.3, -0.25) is 4.79 Å². The third-order valence-corrected chi connectivity index (χ3v) is 5.04. The number of aliphatic hydroxyl groups excluding tert-OH is 1. The molecular weight excluding hydrogens is 284 g/mol. The predicted octanol–water partition coefficient (Wildman–Crippen LogP) is 1.55. The van der Waals surface area contributed by atoms with Crippen LogP contribution in [0, 0.1) is 0 Å². The van der Waals surface area contributed by atoms with Crippen molar-refractivity contribution in [2.24, 2.45) is 0 Å². The van der Waals surface area contributed by atoms with E-state index in [1.54, 1.807) is 19.1 Å². The molecule has 6 heteroatoms. The highest BCUT2D eigenvalue weighted by molar-refractivity contribution is 5.94. The number of nitrogens with zero attached hydrogens (tertiary/aromatic N) is 2. The van der Waals surface area contributed by atoms with Gasteiger partial charge >= 0.3 is 0 Å². The summed E-state index contributed by atoms with van der Waals surface area (Å²) in [6.07, 6.45) is 5.54. The monoisotopic (exact) mass is 308 g/mol. The zero-order valence-electron chi connectivity index (χ0n) is 13.2. The molecule has 0 aromatic carbocycles. The van der Waals surface area contributed by atoms with Crippen LogP contribution < -0.4 is 0 Å². The molecule has 0 bridgehead atoms. The minimum atomic E-state index is -0.657. The van der Waals surface area contributed by atoms with Gasteiger partial charge in [0.25, 0.3) is 5.91 Å². The second-order valence-electron chi connectivity index (χ2n) is 6.32. The lowest BCUT2D eigenvalue weighted by Crippen LogP contribution is -2.52. The number of hydrogen-bond donors (Lipinski definition) is 1. The molecule has 2 aliphatic carbocycles. The minimum absolute atomic E-state index is 0.160. The lowest BCUT2D eigenvalue weighted by atomic mass is 9.88. The number of aryl methyl sites for hydroxylation is 1. The molecule has 0 radical (unpaired) electrons. The highest BCUT2D eigenvalue weighted by atomic mass is 16.5.